The van der Waals surface area contributed by atoms with Crippen molar-refractivity contribution < 1.29 is 9.53 Å². The molecule has 5 heteroatoms. The van der Waals surface area contributed by atoms with Gasteiger partial charge in [0.1, 0.15) is 4.88 Å². The molecule has 1 heterocycles. The Balaban J connectivity index is 2.87. The number of methoxy groups -OCH3 is 1. The van der Waals surface area contributed by atoms with Crippen LogP contribution in [0, 0.1) is 12.8 Å². The summed E-state index contributed by atoms with van der Waals surface area (Å²) < 4.78 is 4.75. The van der Waals surface area contributed by atoms with Gasteiger partial charge in [0, 0.05) is 13.1 Å². The molecule has 0 fully saturated rings. The lowest BCUT2D eigenvalue weighted by atomic mass is 10.0. The molecule has 0 aromatic carbocycles. The number of hydrogen-bond donors (Lipinski definition) is 0. The van der Waals surface area contributed by atoms with E-state index in [2.05, 4.69) is 30.7 Å². The van der Waals surface area contributed by atoms with Crippen LogP contribution in [-0.4, -0.2) is 31.2 Å². The Hall–Kier alpha value is -1.10. The molecule has 102 valence electrons. The van der Waals surface area contributed by atoms with Gasteiger partial charge in [-0.05, 0) is 26.2 Å². The second-order valence-corrected chi connectivity index (χ2v) is 5.97. The van der Waals surface area contributed by atoms with E-state index < -0.39 is 0 Å². The van der Waals surface area contributed by atoms with Crippen molar-refractivity contribution in [1.82, 2.24) is 4.98 Å². The van der Waals surface area contributed by atoms with E-state index in [1.807, 2.05) is 14.0 Å². The minimum absolute atomic E-state index is 0.304. The third-order valence-electron chi connectivity index (χ3n) is 2.93. The standard InChI is InChI=1S/C13H22N2O2S/c1-8(2)7-9(3)15(5)13-14-10(4)11(18-13)12(16)17-6/h8-9H,7H2,1-6H3. The number of carbonyl (C=O) groups is 1. The van der Waals surface area contributed by atoms with Crippen LogP contribution in [-0.2, 0) is 4.74 Å². The average Bonchev–Trinajstić information content (AvgIpc) is 2.68. The molecule has 0 N–H and O–H groups in total. The molecule has 0 aliphatic heterocycles. The van der Waals surface area contributed by atoms with Gasteiger partial charge in [0.2, 0.25) is 0 Å². The van der Waals surface area contributed by atoms with Gasteiger partial charge in [-0.1, -0.05) is 25.2 Å². The number of ether oxygens (including phenoxy) is 1. The largest absolute Gasteiger partial charge is 0.465 e. The monoisotopic (exact) mass is 270 g/mol. The summed E-state index contributed by atoms with van der Waals surface area (Å²) in [4.78, 5) is 18.7. The maximum atomic E-state index is 11.5. The molecule has 1 aromatic rings. The second kappa shape index (κ2) is 6.18. The van der Waals surface area contributed by atoms with E-state index in [0.717, 1.165) is 17.2 Å². The Morgan fingerprint density at radius 2 is 2.06 bits per heavy atom. The molecule has 0 aliphatic carbocycles. The van der Waals surface area contributed by atoms with Crippen LogP contribution in [0.5, 0.6) is 0 Å². The quantitative estimate of drug-likeness (QED) is 0.771. The molecule has 1 rings (SSSR count). The van der Waals surface area contributed by atoms with Crippen LogP contribution >= 0.6 is 11.3 Å². The molecule has 1 atom stereocenters. The fraction of sp³-hybridized carbons (Fsp3) is 0.692. The molecule has 0 saturated heterocycles. The van der Waals surface area contributed by atoms with Gasteiger partial charge in [-0.15, -0.1) is 0 Å². The Morgan fingerprint density at radius 1 is 1.44 bits per heavy atom. The number of nitrogens with zero attached hydrogens (tertiary/aromatic N) is 2. The van der Waals surface area contributed by atoms with Crippen LogP contribution in [0.25, 0.3) is 0 Å². The summed E-state index contributed by atoms with van der Waals surface area (Å²) in [6, 6.07) is 0.404. The highest BCUT2D eigenvalue weighted by Gasteiger charge is 2.20. The number of aromatic nitrogens is 1. The summed E-state index contributed by atoms with van der Waals surface area (Å²) in [5.74, 6) is 0.338. The zero-order chi connectivity index (χ0) is 13.9. The molecule has 0 bridgehead atoms. The van der Waals surface area contributed by atoms with Crippen LogP contribution in [0.2, 0.25) is 0 Å². The van der Waals surface area contributed by atoms with Crippen molar-refractivity contribution in [2.24, 2.45) is 5.92 Å². The number of anilines is 1. The predicted molar refractivity (Wildman–Crippen MR) is 75.5 cm³/mol. The van der Waals surface area contributed by atoms with Gasteiger partial charge in [0.15, 0.2) is 5.13 Å². The maximum Gasteiger partial charge on any atom is 0.350 e. The first kappa shape index (κ1) is 15.0. The van der Waals surface area contributed by atoms with Crippen molar-refractivity contribution in [2.75, 3.05) is 19.1 Å². The molecule has 0 amide bonds. The zero-order valence-electron chi connectivity index (χ0n) is 12.0. The van der Waals surface area contributed by atoms with Crippen LogP contribution in [0.15, 0.2) is 0 Å². The van der Waals surface area contributed by atoms with Crippen LogP contribution in [0.1, 0.15) is 42.6 Å². The fourth-order valence-corrected chi connectivity index (χ4v) is 2.89. The summed E-state index contributed by atoms with van der Waals surface area (Å²) in [5.41, 5.74) is 0.741. The van der Waals surface area contributed by atoms with Crippen molar-refractivity contribution >= 4 is 22.4 Å². The van der Waals surface area contributed by atoms with E-state index >= 15 is 0 Å². The third kappa shape index (κ3) is 3.45. The van der Waals surface area contributed by atoms with Crippen molar-refractivity contribution in [3.8, 4) is 0 Å². The Morgan fingerprint density at radius 3 is 2.56 bits per heavy atom. The molecule has 0 aliphatic rings. The first-order chi connectivity index (χ1) is 8.36. The minimum atomic E-state index is -0.304. The predicted octanol–water partition coefficient (Wildman–Crippen LogP) is 3.11. The highest BCUT2D eigenvalue weighted by molar-refractivity contribution is 7.17. The van der Waals surface area contributed by atoms with Gasteiger partial charge in [-0.3, -0.25) is 0 Å². The first-order valence-corrected chi connectivity index (χ1v) is 6.97. The number of carbonyl (C=O) groups excluding carboxylic acids is 1. The molecule has 0 spiro atoms. The smallest absolute Gasteiger partial charge is 0.350 e. The second-order valence-electron chi connectivity index (χ2n) is 4.99. The van der Waals surface area contributed by atoms with E-state index in [4.69, 9.17) is 4.74 Å². The highest BCUT2D eigenvalue weighted by atomic mass is 32.1. The van der Waals surface area contributed by atoms with Crippen molar-refractivity contribution in [1.29, 1.82) is 0 Å². The van der Waals surface area contributed by atoms with E-state index in [9.17, 15) is 4.79 Å². The van der Waals surface area contributed by atoms with E-state index in [1.54, 1.807) is 0 Å². The Bertz CT molecular complexity index is 415. The number of hydrogen-bond acceptors (Lipinski definition) is 5. The summed E-state index contributed by atoms with van der Waals surface area (Å²) in [6.07, 6.45) is 1.10. The maximum absolute atomic E-state index is 11.5. The summed E-state index contributed by atoms with van der Waals surface area (Å²) in [5, 5.41) is 0.876. The van der Waals surface area contributed by atoms with Crippen LogP contribution in [0.4, 0.5) is 5.13 Å². The molecule has 0 saturated carbocycles. The van der Waals surface area contributed by atoms with Gasteiger partial charge in [0.25, 0.3) is 0 Å². The summed E-state index contributed by atoms with van der Waals surface area (Å²) >= 11 is 1.40. The first-order valence-electron chi connectivity index (χ1n) is 6.15. The molecule has 18 heavy (non-hydrogen) atoms. The molecule has 0 radical (unpaired) electrons. The lowest BCUT2D eigenvalue weighted by Gasteiger charge is -2.25. The average molecular weight is 270 g/mol. The topological polar surface area (TPSA) is 42.4 Å². The van der Waals surface area contributed by atoms with Crippen LogP contribution in [0.3, 0.4) is 0 Å². The van der Waals surface area contributed by atoms with Gasteiger partial charge in [0.05, 0.1) is 12.8 Å². The normalized spacial score (nSPS) is 12.6. The van der Waals surface area contributed by atoms with Crippen molar-refractivity contribution in [2.45, 2.75) is 40.2 Å². The number of aryl methyl sites for hydroxylation is 1. The lowest BCUT2D eigenvalue weighted by Crippen LogP contribution is -2.29. The van der Waals surface area contributed by atoms with Gasteiger partial charge < -0.3 is 9.64 Å². The third-order valence-corrected chi connectivity index (χ3v) is 4.16. The zero-order valence-corrected chi connectivity index (χ0v) is 12.8. The van der Waals surface area contributed by atoms with Gasteiger partial charge in [-0.25, -0.2) is 9.78 Å². The minimum Gasteiger partial charge on any atom is -0.465 e. The van der Waals surface area contributed by atoms with Crippen LogP contribution < -0.4 is 4.90 Å². The van der Waals surface area contributed by atoms with Gasteiger partial charge >= 0.3 is 5.97 Å². The Labute approximate surface area is 113 Å². The molecular weight excluding hydrogens is 248 g/mol. The van der Waals surface area contributed by atoms with E-state index in [1.165, 1.54) is 18.4 Å². The molecular formula is C13H22N2O2S. The number of rotatable bonds is 5. The van der Waals surface area contributed by atoms with E-state index in [-0.39, 0.29) is 5.97 Å². The van der Waals surface area contributed by atoms with E-state index in [0.29, 0.717) is 16.8 Å². The van der Waals surface area contributed by atoms with Crippen molar-refractivity contribution in [3.05, 3.63) is 10.6 Å². The lowest BCUT2D eigenvalue weighted by molar-refractivity contribution is 0.0605. The summed E-state index contributed by atoms with van der Waals surface area (Å²) in [7, 11) is 3.42. The molecule has 1 aromatic heterocycles. The SMILES string of the molecule is COC(=O)c1sc(N(C)C(C)CC(C)C)nc1C. The van der Waals surface area contributed by atoms with Crippen molar-refractivity contribution in [3.63, 3.8) is 0 Å². The fourth-order valence-electron chi connectivity index (χ4n) is 1.84. The summed E-state index contributed by atoms with van der Waals surface area (Å²) in [6.45, 7) is 8.43. The Kier molecular flexibility index (Phi) is 5.14. The molecule has 1 unspecified atom stereocenters. The molecule has 4 nitrogen and oxygen atoms in total. The van der Waals surface area contributed by atoms with Gasteiger partial charge in [-0.2, -0.15) is 0 Å². The highest BCUT2D eigenvalue weighted by Crippen LogP contribution is 2.28. The number of thiazole rings is 1. The number of esters is 1.